The van der Waals surface area contributed by atoms with Gasteiger partial charge in [0.05, 0.1) is 30.4 Å². The molecular weight excluding hydrogens is 349 g/mol. The summed E-state index contributed by atoms with van der Waals surface area (Å²) in [4.78, 5) is 17.1. The maximum absolute atomic E-state index is 13.6. The SMILES string of the molecule is COc1cc(-c2cc(C(C)n3cnc4ccccc4c3=O)on2)ccc1F. The van der Waals surface area contributed by atoms with Crippen molar-refractivity contribution >= 4 is 10.9 Å². The van der Waals surface area contributed by atoms with Gasteiger partial charge >= 0.3 is 0 Å². The molecule has 0 aliphatic carbocycles. The molecule has 27 heavy (non-hydrogen) atoms. The van der Waals surface area contributed by atoms with Crippen LogP contribution in [0.4, 0.5) is 4.39 Å². The molecule has 0 saturated heterocycles. The van der Waals surface area contributed by atoms with Gasteiger partial charge in [0.1, 0.15) is 5.69 Å². The summed E-state index contributed by atoms with van der Waals surface area (Å²) in [6, 6.07) is 12.9. The molecule has 0 N–H and O–H groups in total. The van der Waals surface area contributed by atoms with E-state index in [0.29, 0.717) is 27.9 Å². The molecule has 0 fully saturated rings. The summed E-state index contributed by atoms with van der Waals surface area (Å²) in [6.07, 6.45) is 1.50. The zero-order valence-electron chi connectivity index (χ0n) is 14.7. The van der Waals surface area contributed by atoms with Crippen LogP contribution in [0.25, 0.3) is 22.2 Å². The first-order valence-electron chi connectivity index (χ1n) is 8.35. The molecule has 7 heteroatoms. The second kappa shape index (κ2) is 6.68. The van der Waals surface area contributed by atoms with Gasteiger partial charge < -0.3 is 9.26 Å². The van der Waals surface area contributed by atoms with Crippen LogP contribution in [0.3, 0.4) is 0 Å². The number of para-hydroxylation sites is 1. The second-order valence-corrected chi connectivity index (χ2v) is 6.11. The first-order chi connectivity index (χ1) is 13.1. The van der Waals surface area contributed by atoms with Gasteiger partial charge in [-0.2, -0.15) is 0 Å². The molecule has 0 spiro atoms. The second-order valence-electron chi connectivity index (χ2n) is 6.11. The fourth-order valence-electron chi connectivity index (χ4n) is 2.94. The van der Waals surface area contributed by atoms with E-state index in [1.165, 1.54) is 24.1 Å². The van der Waals surface area contributed by atoms with Crippen molar-refractivity contribution in [1.82, 2.24) is 14.7 Å². The highest BCUT2D eigenvalue weighted by atomic mass is 19.1. The van der Waals surface area contributed by atoms with Crippen molar-refractivity contribution in [2.24, 2.45) is 0 Å². The average molecular weight is 365 g/mol. The van der Waals surface area contributed by atoms with E-state index in [2.05, 4.69) is 10.1 Å². The van der Waals surface area contributed by atoms with E-state index < -0.39 is 11.9 Å². The van der Waals surface area contributed by atoms with Gasteiger partial charge in [0.2, 0.25) is 0 Å². The molecule has 2 heterocycles. The van der Waals surface area contributed by atoms with E-state index >= 15 is 0 Å². The van der Waals surface area contributed by atoms with Crippen LogP contribution in [0, 0.1) is 5.82 Å². The zero-order chi connectivity index (χ0) is 19.0. The normalized spacial score (nSPS) is 12.3. The Labute approximate surface area is 153 Å². The van der Waals surface area contributed by atoms with Gasteiger partial charge in [0, 0.05) is 11.6 Å². The molecule has 0 aliphatic rings. The lowest BCUT2D eigenvalue weighted by atomic mass is 10.1. The van der Waals surface area contributed by atoms with E-state index in [9.17, 15) is 9.18 Å². The summed E-state index contributed by atoms with van der Waals surface area (Å²) in [5.41, 5.74) is 1.66. The Hall–Kier alpha value is -3.48. The fourth-order valence-corrected chi connectivity index (χ4v) is 2.94. The minimum Gasteiger partial charge on any atom is -0.494 e. The van der Waals surface area contributed by atoms with Crippen LogP contribution in [-0.4, -0.2) is 21.8 Å². The van der Waals surface area contributed by atoms with Gasteiger partial charge in [-0.15, -0.1) is 0 Å². The van der Waals surface area contributed by atoms with Crippen LogP contribution in [-0.2, 0) is 0 Å². The smallest absolute Gasteiger partial charge is 0.261 e. The number of fused-ring (bicyclic) bond motifs is 1. The molecule has 0 amide bonds. The van der Waals surface area contributed by atoms with Crippen molar-refractivity contribution in [2.45, 2.75) is 13.0 Å². The van der Waals surface area contributed by atoms with Gasteiger partial charge in [-0.1, -0.05) is 17.3 Å². The third-order valence-electron chi connectivity index (χ3n) is 4.49. The van der Waals surface area contributed by atoms with Crippen molar-refractivity contribution in [2.75, 3.05) is 7.11 Å². The minimum absolute atomic E-state index is 0.125. The van der Waals surface area contributed by atoms with Crippen LogP contribution in [0.1, 0.15) is 18.7 Å². The molecule has 2 aromatic carbocycles. The zero-order valence-corrected chi connectivity index (χ0v) is 14.7. The van der Waals surface area contributed by atoms with Crippen molar-refractivity contribution in [3.8, 4) is 17.0 Å². The van der Waals surface area contributed by atoms with E-state index in [0.717, 1.165) is 0 Å². The van der Waals surface area contributed by atoms with Crippen LogP contribution < -0.4 is 10.3 Å². The highest BCUT2D eigenvalue weighted by Crippen LogP contribution is 2.28. The van der Waals surface area contributed by atoms with E-state index in [-0.39, 0.29) is 11.3 Å². The molecule has 0 saturated carbocycles. The third-order valence-corrected chi connectivity index (χ3v) is 4.49. The van der Waals surface area contributed by atoms with Crippen LogP contribution in [0.15, 0.2) is 64.2 Å². The van der Waals surface area contributed by atoms with E-state index in [1.54, 1.807) is 36.4 Å². The Morgan fingerprint density at radius 2 is 2.00 bits per heavy atom. The quantitative estimate of drug-likeness (QED) is 0.550. The number of methoxy groups -OCH3 is 1. The van der Waals surface area contributed by atoms with Gasteiger partial charge in [-0.3, -0.25) is 9.36 Å². The van der Waals surface area contributed by atoms with Gasteiger partial charge in [-0.25, -0.2) is 9.37 Å². The van der Waals surface area contributed by atoms with E-state index in [4.69, 9.17) is 9.26 Å². The number of halogens is 1. The van der Waals surface area contributed by atoms with Crippen molar-refractivity contribution in [3.05, 3.63) is 76.8 Å². The van der Waals surface area contributed by atoms with Crippen molar-refractivity contribution in [3.63, 3.8) is 0 Å². The number of benzene rings is 2. The standard InChI is InChI=1S/C20H16FN3O3/c1-12(24-11-22-16-6-4-3-5-14(16)20(24)25)18-10-17(23-27-18)13-7-8-15(21)19(9-13)26-2/h3-12H,1-2H3. The molecule has 2 aromatic heterocycles. The van der Waals surface area contributed by atoms with Gasteiger partial charge in [0.15, 0.2) is 17.3 Å². The topological polar surface area (TPSA) is 70.2 Å². The molecular formula is C20H16FN3O3. The minimum atomic E-state index is -0.452. The average Bonchev–Trinajstić information content (AvgIpc) is 3.18. The molecule has 0 radical (unpaired) electrons. The Kier molecular flexibility index (Phi) is 4.19. The van der Waals surface area contributed by atoms with Gasteiger partial charge in [0.25, 0.3) is 5.56 Å². The summed E-state index contributed by atoms with van der Waals surface area (Å²) in [6.45, 7) is 1.83. The molecule has 6 nitrogen and oxygen atoms in total. The highest BCUT2D eigenvalue weighted by molar-refractivity contribution is 5.77. The van der Waals surface area contributed by atoms with Gasteiger partial charge in [-0.05, 0) is 37.3 Å². The van der Waals surface area contributed by atoms with Crippen molar-refractivity contribution in [1.29, 1.82) is 0 Å². The summed E-state index contributed by atoms with van der Waals surface area (Å²) in [7, 11) is 1.40. The number of hydrogen-bond acceptors (Lipinski definition) is 5. The lowest BCUT2D eigenvalue weighted by Crippen LogP contribution is -2.24. The molecule has 1 atom stereocenters. The molecule has 136 valence electrons. The highest BCUT2D eigenvalue weighted by Gasteiger charge is 2.18. The third kappa shape index (κ3) is 2.97. The predicted octanol–water partition coefficient (Wildman–Crippen LogP) is 3.81. The largest absolute Gasteiger partial charge is 0.494 e. The summed E-state index contributed by atoms with van der Waals surface area (Å²) >= 11 is 0. The summed E-state index contributed by atoms with van der Waals surface area (Å²) in [5, 5.41) is 4.58. The molecule has 0 aliphatic heterocycles. The maximum Gasteiger partial charge on any atom is 0.261 e. The lowest BCUT2D eigenvalue weighted by Gasteiger charge is -2.11. The summed E-state index contributed by atoms with van der Waals surface area (Å²) < 4.78 is 25.5. The number of aromatic nitrogens is 3. The van der Waals surface area contributed by atoms with E-state index in [1.807, 2.05) is 13.0 Å². The first kappa shape index (κ1) is 17.0. The summed E-state index contributed by atoms with van der Waals surface area (Å²) in [5.74, 6) is 0.166. The fraction of sp³-hybridized carbons (Fsp3) is 0.150. The first-order valence-corrected chi connectivity index (χ1v) is 8.35. The number of nitrogens with zero attached hydrogens (tertiary/aromatic N) is 3. The number of rotatable bonds is 4. The Morgan fingerprint density at radius 1 is 1.19 bits per heavy atom. The number of hydrogen-bond donors (Lipinski definition) is 0. The Bertz CT molecular complexity index is 1180. The van der Waals surface area contributed by atoms with Crippen LogP contribution in [0.2, 0.25) is 0 Å². The van der Waals surface area contributed by atoms with Crippen LogP contribution >= 0.6 is 0 Å². The molecule has 4 aromatic rings. The predicted molar refractivity (Wildman–Crippen MR) is 98.3 cm³/mol. The molecule has 4 rings (SSSR count). The molecule has 0 bridgehead atoms. The lowest BCUT2D eigenvalue weighted by molar-refractivity contribution is 0.351. The number of ether oxygens (including phenoxy) is 1. The Balaban J connectivity index is 1.71. The van der Waals surface area contributed by atoms with Crippen molar-refractivity contribution < 1.29 is 13.7 Å². The Morgan fingerprint density at radius 3 is 2.81 bits per heavy atom. The van der Waals surface area contributed by atoms with Crippen LogP contribution in [0.5, 0.6) is 5.75 Å². The monoisotopic (exact) mass is 365 g/mol. The molecule has 1 unspecified atom stereocenters. The maximum atomic E-state index is 13.6.